The van der Waals surface area contributed by atoms with Crippen LogP contribution in [0, 0.1) is 0 Å². The molecule has 0 aliphatic heterocycles. The Morgan fingerprint density at radius 1 is 0.333 bits per heavy atom. The van der Waals surface area contributed by atoms with E-state index in [-0.39, 0.29) is 0 Å². The molecule has 6 heteroatoms. The van der Waals surface area contributed by atoms with Gasteiger partial charge in [-0.3, -0.25) is 0 Å². The Morgan fingerprint density at radius 2 is 0.825 bits per heavy atom. The van der Waals surface area contributed by atoms with E-state index in [0.29, 0.717) is 17.5 Å². The van der Waals surface area contributed by atoms with E-state index in [1.54, 1.807) is 0 Å². The van der Waals surface area contributed by atoms with E-state index in [0.717, 1.165) is 88.4 Å². The molecule has 6 nitrogen and oxygen atoms in total. The average molecular weight is 731 g/mol. The predicted molar refractivity (Wildman–Crippen MR) is 230 cm³/mol. The molecule has 0 radical (unpaired) electrons. The lowest BCUT2D eigenvalue weighted by molar-refractivity contribution is 0.669. The quantitative estimate of drug-likeness (QED) is 0.176. The van der Waals surface area contributed by atoms with Crippen LogP contribution >= 0.6 is 0 Å². The second-order valence-electron chi connectivity index (χ2n) is 14.3. The normalized spacial score (nSPS) is 11.9. The van der Waals surface area contributed by atoms with Crippen molar-refractivity contribution in [2.45, 2.75) is 0 Å². The maximum Gasteiger partial charge on any atom is 0.167 e. The van der Waals surface area contributed by atoms with E-state index in [1.165, 1.54) is 10.8 Å². The van der Waals surface area contributed by atoms with Gasteiger partial charge in [-0.2, -0.15) is 0 Å². The van der Waals surface area contributed by atoms with Crippen molar-refractivity contribution in [1.29, 1.82) is 0 Å². The summed E-state index contributed by atoms with van der Waals surface area (Å²) in [7, 11) is 0. The van der Waals surface area contributed by atoms with Crippen molar-refractivity contribution in [3.8, 4) is 51.0 Å². The van der Waals surface area contributed by atoms with Gasteiger partial charge in [-0.05, 0) is 48.0 Å². The number of hydrogen-bond donors (Lipinski definition) is 0. The van der Waals surface area contributed by atoms with Gasteiger partial charge in [0.1, 0.15) is 22.3 Å². The van der Waals surface area contributed by atoms with Gasteiger partial charge in [0, 0.05) is 54.7 Å². The minimum atomic E-state index is 0.534. The van der Waals surface area contributed by atoms with Crippen LogP contribution < -0.4 is 0 Å². The number of hydrogen-bond acceptors (Lipinski definition) is 5. The molecule has 57 heavy (non-hydrogen) atoms. The van der Waals surface area contributed by atoms with Crippen LogP contribution in [0.25, 0.3) is 117 Å². The molecule has 0 amide bonds. The van der Waals surface area contributed by atoms with Crippen LogP contribution in [0.3, 0.4) is 0 Å². The van der Waals surface area contributed by atoms with Crippen molar-refractivity contribution < 1.29 is 8.83 Å². The van der Waals surface area contributed by atoms with Crippen LogP contribution in [0.4, 0.5) is 0 Å². The van der Waals surface area contributed by atoms with Crippen LogP contribution in [-0.4, -0.2) is 19.5 Å². The highest BCUT2D eigenvalue weighted by Gasteiger charge is 2.23. The summed E-state index contributed by atoms with van der Waals surface area (Å²) < 4.78 is 15.6. The third-order valence-electron chi connectivity index (χ3n) is 11.1. The largest absolute Gasteiger partial charge is 0.455 e. The van der Waals surface area contributed by atoms with Gasteiger partial charge in [-0.25, -0.2) is 15.0 Å². The van der Waals surface area contributed by atoms with E-state index in [1.807, 2.05) is 78.9 Å². The molecule has 266 valence electrons. The molecule has 12 aromatic rings. The monoisotopic (exact) mass is 730 g/mol. The molecule has 8 aromatic carbocycles. The van der Waals surface area contributed by atoms with Crippen LogP contribution in [-0.2, 0) is 0 Å². The molecule has 0 unspecified atom stereocenters. The number of fused-ring (bicyclic) bond motifs is 9. The van der Waals surface area contributed by atoms with Crippen LogP contribution in [0.1, 0.15) is 0 Å². The Labute approximate surface area is 325 Å². The standard InChI is InChI=1S/C51H30N4O2/c1-2-15-31(16-3-1)49-52-50(54-51(53-49)40-24-14-23-38-36-20-8-12-27-45(36)56-47(38)40)39-22-5-4-17-33(39)41-29-32(30-42-37-21-9-13-28-46(37)57-48(41)42)55-43-25-10-6-18-34(43)35-19-7-11-26-44(35)55/h1-30H. The molecule has 0 aliphatic rings. The predicted octanol–water partition coefficient (Wildman–Crippen LogP) is 13.4. The fourth-order valence-electron chi connectivity index (χ4n) is 8.51. The number of aromatic nitrogens is 4. The Hall–Kier alpha value is -7.83. The fourth-order valence-corrected chi connectivity index (χ4v) is 8.51. The maximum atomic E-state index is 6.76. The molecule has 0 bridgehead atoms. The summed E-state index contributed by atoms with van der Waals surface area (Å²) in [5.74, 6) is 1.66. The van der Waals surface area contributed by atoms with Crippen LogP contribution in [0.15, 0.2) is 191 Å². The average Bonchev–Trinajstić information content (AvgIpc) is 3.96. The summed E-state index contributed by atoms with van der Waals surface area (Å²) in [6, 6.07) is 62.6. The van der Waals surface area contributed by atoms with E-state index in [2.05, 4.69) is 108 Å². The van der Waals surface area contributed by atoms with E-state index >= 15 is 0 Å². The van der Waals surface area contributed by atoms with E-state index < -0.39 is 0 Å². The molecule has 0 aliphatic carbocycles. The Morgan fingerprint density at radius 3 is 1.53 bits per heavy atom. The molecule has 0 N–H and O–H groups in total. The van der Waals surface area contributed by atoms with Crippen molar-refractivity contribution in [3.63, 3.8) is 0 Å². The van der Waals surface area contributed by atoms with Crippen molar-refractivity contribution in [3.05, 3.63) is 182 Å². The smallest absolute Gasteiger partial charge is 0.167 e. The molecule has 0 spiro atoms. The summed E-state index contributed by atoms with van der Waals surface area (Å²) in [5, 5.41) is 6.57. The van der Waals surface area contributed by atoms with Crippen molar-refractivity contribution in [2.24, 2.45) is 0 Å². The summed E-state index contributed by atoms with van der Waals surface area (Å²) in [6.07, 6.45) is 0. The first kappa shape index (κ1) is 31.5. The first-order valence-corrected chi connectivity index (χ1v) is 19.0. The summed E-state index contributed by atoms with van der Waals surface area (Å²) in [6.45, 7) is 0. The lowest BCUT2D eigenvalue weighted by atomic mass is 9.96. The van der Waals surface area contributed by atoms with Crippen LogP contribution in [0.5, 0.6) is 0 Å². The number of benzene rings is 8. The highest BCUT2D eigenvalue weighted by Crippen LogP contribution is 2.43. The van der Waals surface area contributed by atoms with E-state index in [4.69, 9.17) is 23.8 Å². The summed E-state index contributed by atoms with van der Waals surface area (Å²) in [4.78, 5) is 15.6. The second-order valence-corrected chi connectivity index (χ2v) is 14.3. The zero-order valence-corrected chi connectivity index (χ0v) is 30.4. The zero-order chi connectivity index (χ0) is 37.5. The second kappa shape index (κ2) is 12.3. The molecule has 0 atom stereocenters. The number of para-hydroxylation sites is 5. The minimum absolute atomic E-state index is 0.534. The minimum Gasteiger partial charge on any atom is -0.455 e. The Kier molecular flexibility index (Phi) is 6.83. The lowest BCUT2D eigenvalue weighted by Gasteiger charge is -2.15. The molecule has 0 saturated carbocycles. The topological polar surface area (TPSA) is 69.9 Å². The number of furan rings is 2. The van der Waals surface area contributed by atoms with Gasteiger partial charge < -0.3 is 13.4 Å². The molecular weight excluding hydrogens is 701 g/mol. The lowest BCUT2D eigenvalue weighted by Crippen LogP contribution is -2.01. The van der Waals surface area contributed by atoms with Gasteiger partial charge in [0.05, 0.1) is 16.6 Å². The first-order chi connectivity index (χ1) is 28.3. The van der Waals surface area contributed by atoms with Crippen molar-refractivity contribution in [1.82, 2.24) is 19.5 Å². The highest BCUT2D eigenvalue weighted by atomic mass is 16.3. The highest BCUT2D eigenvalue weighted by molar-refractivity contribution is 6.14. The molecule has 0 saturated heterocycles. The molecule has 4 aromatic heterocycles. The number of rotatable bonds is 5. The van der Waals surface area contributed by atoms with Gasteiger partial charge in [-0.1, -0.05) is 140 Å². The molecule has 0 fully saturated rings. The summed E-state index contributed by atoms with van der Waals surface area (Å²) >= 11 is 0. The Bertz CT molecular complexity index is 3490. The van der Waals surface area contributed by atoms with Crippen LogP contribution in [0.2, 0.25) is 0 Å². The molecule has 4 heterocycles. The van der Waals surface area contributed by atoms with Crippen molar-refractivity contribution >= 4 is 65.7 Å². The maximum absolute atomic E-state index is 6.76. The van der Waals surface area contributed by atoms with E-state index in [9.17, 15) is 0 Å². The molecular formula is C51H30N4O2. The first-order valence-electron chi connectivity index (χ1n) is 19.0. The third kappa shape index (κ3) is 4.87. The van der Waals surface area contributed by atoms with Gasteiger partial charge >= 0.3 is 0 Å². The van der Waals surface area contributed by atoms with Gasteiger partial charge in [0.2, 0.25) is 0 Å². The Balaban J connectivity index is 1.14. The summed E-state index contributed by atoms with van der Waals surface area (Å²) in [5.41, 5.74) is 11.0. The molecule has 12 rings (SSSR count). The van der Waals surface area contributed by atoms with Gasteiger partial charge in [0.15, 0.2) is 17.5 Å². The SMILES string of the molecule is c1ccc(-c2nc(-c3ccccc3-c3cc(-n4c5ccccc5c5ccccc54)cc4c3oc3ccccc34)nc(-c3cccc4c3oc3ccccc34)n2)cc1. The zero-order valence-electron chi connectivity index (χ0n) is 30.4. The van der Waals surface area contributed by atoms with Gasteiger partial charge in [0.25, 0.3) is 0 Å². The fraction of sp³-hybridized carbons (Fsp3) is 0. The van der Waals surface area contributed by atoms with Gasteiger partial charge in [-0.15, -0.1) is 0 Å². The number of nitrogens with zero attached hydrogens (tertiary/aromatic N) is 4. The third-order valence-corrected chi connectivity index (χ3v) is 11.1. The van der Waals surface area contributed by atoms with Crippen molar-refractivity contribution in [2.75, 3.05) is 0 Å².